The maximum absolute atomic E-state index is 12.7. The van der Waals surface area contributed by atoms with Crippen LogP contribution in [0.3, 0.4) is 0 Å². The van der Waals surface area contributed by atoms with Crippen molar-refractivity contribution in [3.8, 4) is 0 Å². The average Bonchev–Trinajstić information content (AvgIpc) is 3.18. The Hall–Kier alpha value is -2.63. The van der Waals surface area contributed by atoms with E-state index in [1.807, 2.05) is 0 Å². The van der Waals surface area contributed by atoms with E-state index >= 15 is 0 Å². The van der Waals surface area contributed by atoms with E-state index in [0.717, 1.165) is 96.3 Å². The van der Waals surface area contributed by atoms with Gasteiger partial charge in [0.25, 0.3) is 0 Å². The molecule has 0 aliphatic rings. The number of hydrogen-bond acceptors (Lipinski definition) is 6. The monoisotopic (exact) mass is 771 g/mol. The summed E-state index contributed by atoms with van der Waals surface area (Å²) >= 11 is 0. The fraction of sp³-hybridized carbons (Fsp3) is 0.776. The lowest BCUT2D eigenvalue weighted by atomic mass is 10.1. The minimum atomic E-state index is -0.791. The van der Waals surface area contributed by atoms with Crippen LogP contribution in [0.2, 0.25) is 0 Å². The Kier molecular flexibility index (Phi) is 42.0. The summed E-state index contributed by atoms with van der Waals surface area (Å²) in [6, 6.07) is 0. The van der Waals surface area contributed by atoms with Crippen LogP contribution in [0.25, 0.3) is 0 Å². The molecule has 6 heteroatoms. The Balaban J connectivity index is 4.39. The summed E-state index contributed by atoms with van der Waals surface area (Å²) in [4.78, 5) is 37.7. The molecule has 0 amide bonds. The van der Waals surface area contributed by atoms with Crippen LogP contribution in [0.1, 0.15) is 226 Å². The second-order valence-corrected chi connectivity index (χ2v) is 15.3. The van der Waals surface area contributed by atoms with Crippen LogP contribution >= 0.6 is 0 Å². The Morgan fingerprint density at radius 2 is 0.673 bits per heavy atom. The molecule has 1 unspecified atom stereocenters. The van der Waals surface area contributed by atoms with E-state index in [9.17, 15) is 14.4 Å². The number of carbonyl (C=O) groups is 3. The van der Waals surface area contributed by atoms with Gasteiger partial charge < -0.3 is 14.2 Å². The van der Waals surface area contributed by atoms with Crippen molar-refractivity contribution < 1.29 is 28.6 Å². The number of ether oxygens (including phenoxy) is 3. The standard InChI is InChI=1S/C49H86O6/c1-4-7-10-13-16-19-22-23-24-25-26-28-30-33-36-39-42-48(51)54-45-46(44-53-47(50)41-38-35-32-29-21-18-15-12-9-6-3)55-49(52)43-40-37-34-31-27-20-17-14-11-8-5-2/h14-15,17-18,20,24-25,27,46H,4-13,16,19,21-23,26,28-45H2,1-3H3/b17-14-,18-15-,25-24-,27-20-. The molecular weight excluding hydrogens is 685 g/mol. The first kappa shape index (κ1) is 52.4. The fourth-order valence-electron chi connectivity index (χ4n) is 6.22. The van der Waals surface area contributed by atoms with Gasteiger partial charge in [-0.15, -0.1) is 0 Å². The number of esters is 3. The van der Waals surface area contributed by atoms with E-state index < -0.39 is 6.10 Å². The van der Waals surface area contributed by atoms with Crippen molar-refractivity contribution in [2.45, 2.75) is 232 Å². The predicted molar refractivity (Wildman–Crippen MR) is 233 cm³/mol. The summed E-state index contributed by atoms with van der Waals surface area (Å²) < 4.78 is 16.6. The molecule has 0 N–H and O–H groups in total. The zero-order chi connectivity index (χ0) is 40.1. The first-order valence-corrected chi connectivity index (χ1v) is 23.2. The van der Waals surface area contributed by atoms with Gasteiger partial charge in [-0.2, -0.15) is 0 Å². The molecule has 0 aromatic carbocycles. The van der Waals surface area contributed by atoms with E-state index in [1.54, 1.807) is 0 Å². The van der Waals surface area contributed by atoms with E-state index in [4.69, 9.17) is 14.2 Å². The number of hydrogen-bond donors (Lipinski definition) is 0. The van der Waals surface area contributed by atoms with Crippen LogP contribution in [0, 0.1) is 0 Å². The molecule has 0 spiro atoms. The van der Waals surface area contributed by atoms with Gasteiger partial charge in [0.1, 0.15) is 13.2 Å². The predicted octanol–water partition coefficient (Wildman–Crippen LogP) is 14.8. The highest BCUT2D eigenvalue weighted by Gasteiger charge is 2.19. The minimum absolute atomic E-state index is 0.0919. The van der Waals surface area contributed by atoms with Crippen molar-refractivity contribution >= 4 is 17.9 Å². The minimum Gasteiger partial charge on any atom is -0.462 e. The van der Waals surface area contributed by atoms with E-state index in [-0.39, 0.29) is 31.1 Å². The second kappa shape index (κ2) is 44.1. The molecular formula is C49H86O6. The van der Waals surface area contributed by atoms with Crippen LogP contribution in [-0.2, 0) is 28.6 Å². The third-order valence-corrected chi connectivity index (χ3v) is 9.80. The molecule has 0 bridgehead atoms. The summed E-state index contributed by atoms with van der Waals surface area (Å²) in [5.74, 6) is -0.944. The van der Waals surface area contributed by atoms with Gasteiger partial charge in [-0.05, 0) is 83.5 Å². The number of unbranched alkanes of at least 4 members (excludes halogenated alkanes) is 23. The lowest BCUT2D eigenvalue weighted by molar-refractivity contribution is -0.167. The molecule has 0 aliphatic carbocycles. The van der Waals surface area contributed by atoms with Crippen LogP contribution < -0.4 is 0 Å². The molecule has 0 aromatic rings. The first-order valence-electron chi connectivity index (χ1n) is 23.2. The molecule has 1 atom stereocenters. The van der Waals surface area contributed by atoms with Crippen molar-refractivity contribution in [2.24, 2.45) is 0 Å². The van der Waals surface area contributed by atoms with Gasteiger partial charge in [-0.1, -0.05) is 172 Å². The smallest absolute Gasteiger partial charge is 0.306 e. The quantitative estimate of drug-likeness (QED) is 0.0202. The lowest BCUT2D eigenvalue weighted by Gasteiger charge is -2.18. The van der Waals surface area contributed by atoms with Crippen LogP contribution in [0.4, 0.5) is 0 Å². The molecule has 0 heterocycles. The zero-order valence-corrected chi connectivity index (χ0v) is 36.2. The van der Waals surface area contributed by atoms with E-state index in [0.29, 0.717) is 19.3 Å². The third kappa shape index (κ3) is 42.4. The van der Waals surface area contributed by atoms with Crippen molar-refractivity contribution in [2.75, 3.05) is 13.2 Å². The second-order valence-electron chi connectivity index (χ2n) is 15.3. The van der Waals surface area contributed by atoms with Crippen molar-refractivity contribution in [3.05, 3.63) is 48.6 Å². The third-order valence-electron chi connectivity index (χ3n) is 9.80. The number of allylic oxidation sites excluding steroid dienone is 8. The fourth-order valence-corrected chi connectivity index (χ4v) is 6.22. The Morgan fingerprint density at radius 3 is 1.11 bits per heavy atom. The average molecular weight is 771 g/mol. The molecule has 0 saturated carbocycles. The Labute approximate surface area is 339 Å². The summed E-state index contributed by atoms with van der Waals surface area (Å²) in [5, 5.41) is 0. The normalized spacial score (nSPS) is 12.4. The van der Waals surface area contributed by atoms with Gasteiger partial charge in [0.2, 0.25) is 0 Å². The molecule has 0 saturated heterocycles. The van der Waals surface area contributed by atoms with Crippen LogP contribution in [0.15, 0.2) is 48.6 Å². The highest BCUT2D eigenvalue weighted by Crippen LogP contribution is 2.13. The van der Waals surface area contributed by atoms with Gasteiger partial charge in [-0.3, -0.25) is 14.4 Å². The van der Waals surface area contributed by atoms with Crippen molar-refractivity contribution in [1.82, 2.24) is 0 Å². The van der Waals surface area contributed by atoms with Crippen molar-refractivity contribution in [1.29, 1.82) is 0 Å². The zero-order valence-electron chi connectivity index (χ0n) is 36.2. The van der Waals surface area contributed by atoms with Crippen molar-refractivity contribution in [3.63, 3.8) is 0 Å². The molecule has 0 radical (unpaired) electrons. The summed E-state index contributed by atoms with van der Waals surface area (Å²) in [6.45, 7) is 6.49. The van der Waals surface area contributed by atoms with Gasteiger partial charge in [0.15, 0.2) is 6.10 Å². The summed E-state index contributed by atoms with van der Waals surface area (Å²) in [6.07, 6.45) is 51.0. The largest absolute Gasteiger partial charge is 0.462 e. The summed E-state index contributed by atoms with van der Waals surface area (Å²) in [5.41, 5.74) is 0. The highest BCUT2D eigenvalue weighted by molar-refractivity contribution is 5.71. The molecule has 0 aromatic heterocycles. The van der Waals surface area contributed by atoms with Gasteiger partial charge in [0, 0.05) is 19.3 Å². The number of rotatable bonds is 41. The molecule has 0 aliphatic heterocycles. The van der Waals surface area contributed by atoms with Crippen LogP contribution in [0.5, 0.6) is 0 Å². The van der Waals surface area contributed by atoms with E-state index in [1.165, 1.54) is 89.9 Å². The Morgan fingerprint density at radius 1 is 0.364 bits per heavy atom. The van der Waals surface area contributed by atoms with Gasteiger partial charge in [-0.25, -0.2) is 0 Å². The number of carbonyl (C=O) groups excluding carboxylic acids is 3. The maximum Gasteiger partial charge on any atom is 0.306 e. The lowest BCUT2D eigenvalue weighted by Crippen LogP contribution is -2.30. The van der Waals surface area contributed by atoms with Gasteiger partial charge in [0.05, 0.1) is 0 Å². The molecule has 55 heavy (non-hydrogen) atoms. The summed E-state index contributed by atoms with van der Waals surface area (Å²) in [7, 11) is 0. The van der Waals surface area contributed by atoms with Crippen LogP contribution in [-0.4, -0.2) is 37.2 Å². The molecule has 6 nitrogen and oxygen atoms in total. The highest BCUT2D eigenvalue weighted by atomic mass is 16.6. The molecule has 0 fully saturated rings. The van der Waals surface area contributed by atoms with Gasteiger partial charge >= 0.3 is 17.9 Å². The topological polar surface area (TPSA) is 78.9 Å². The SMILES string of the molecule is CCCC/C=C\C=C/CCCCCC(=O)OC(COC(=O)CCCCCC/C=C\CCCC)COC(=O)CCCCCCC/C=C\CCCCCCCCC. The molecule has 0 rings (SSSR count). The molecule has 318 valence electrons. The Bertz CT molecular complexity index is 980. The maximum atomic E-state index is 12.7. The first-order chi connectivity index (χ1) is 27.0. The van der Waals surface area contributed by atoms with E-state index in [2.05, 4.69) is 69.4 Å².